The van der Waals surface area contributed by atoms with Gasteiger partial charge in [-0.25, -0.2) is 17.3 Å². The lowest BCUT2D eigenvalue weighted by Crippen LogP contribution is -2.19. The first kappa shape index (κ1) is 29.1. The van der Waals surface area contributed by atoms with Crippen molar-refractivity contribution >= 4 is 38.7 Å². The number of alkyl halides is 3. The third-order valence-electron chi connectivity index (χ3n) is 6.89. The molecule has 0 fully saturated rings. The van der Waals surface area contributed by atoms with Crippen LogP contribution in [0.1, 0.15) is 11.1 Å². The van der Waals surface area contributed by atoms with Crippen molar-refractivity contribution in [2.75, 3.05) is 23.0 Å². The number of halogens is 4. The molecule has 6 rings (SSSR count). The Kier molecular flexibility index (Phi) is 7.45. The molecular formula is C30H23F4N5O4S. The SMILES string of the molecule is O=C(Cc1ccc(F)cc1)Nc1ccc(-c2ccc3nc(Nc4cc5c(cc4OCC(F)(F)F)S(=O)(=O)CC5)nn3c2)cc1. The standard InChI is InChI=1S/C30H23F4N5O4S/c31-22-6-1-18(2-7-22)13-28(40)35-23-8-3-19(4-9-23)21-5-10-27-37-29(38-39(27)16-21)36-24-14-20-11-12-44(41,42)26(20)15-25(24)43-17-30(32,33)34/h1-10,14-16H,11-13,17H2,(H,35,40)(H,36,38). The molecule has 2 N–H and O–H groups in total. The fraction of sp³-hybridized carbons (Fsp3) is 0.167. The first-order chi connectivity index (χ1) is 20.9. The fourth-order valence-corrected chi connectivity index (χ4v) is 6.34. The topological polar surface area (TPSA) is 115 Å². The van der Waals surface area contributed by atoms with Gasteiger partial charge in [0, 0.05) is 23.5 Å². The molecule has 0 aliphatic carbocycles. The van der Waals surface area contributed by atoms with Gasteiger partial charge < -0.3 is 15.4 Å². The molecule has 226 valence electrons. The van der Waals surface area contributed by atoms with E-state index in [1.165, 1.54) is 22.7 Å². The number of ether oxygens (including phenoxy) is 1. The van der Waals surface area contributed by atoms with Crippen molar-refractivity contribution in [3.8, 4) is 16.9 Å². The molecule has 1 aliphatic rings. The molecule has 2 aromatic heterocycles. The Labute approximate surface area is 248 Å². The minimum atomic E-state index is -4.62. The van der Waals surface area contributed by atoms with Gasteiger partial charge in [-0.1, -0.05) is 24.3 Å². The molecular weight excluding hydrogens is 602 g/mol. The van der Waals surface area contributed by atoms with Gasteiger partial charge in [-0.2, -0.15) is 18.2 Å². The quantitative estimate of drug-likeness (QED) is 0.212. The highest BCUT2D eigenvalue weighted by Crippen LogP contribution is 2.37. The zero-order valence-electron chi connectivity index (χ0n) is 22.7. The predicted octanol–water partition coefficient (Wildman–Crippen LogP) is 5.73. The summed E-state index contributed by atoms with van der Waals surface area (Å²) in [6, 6.07) is 18.9. The monoisotopic (exact) mass is 625 g/mol. The highest BCUT2D eigenvalue weighted by atomic mass is 32.2. The number of nitrogens with zero attached hydrogens (tertiary/aromatic N) is 3. The van der Waals surface area contributed by atoms with Gasteiger partial charge in [0.25, 0.3) is 0 Å². The van der Waals surface area contributed by atoms with Gasteiger partial charge in [0.2, 0.25) is 11.9 Å². The van der Waals surface area contributed by atoms with Crippen molar-refractivity contribution < 1.29 is 35.5 Å². The number of hydrogen-bond donors (Lipinski definition) is 2. The Hall–Kier alpha value is -4.98. The van der Waals surface area contributed by atoms with Crippen molar-refractivity contribution in [1.82, 2.24) is 14.6 Å². The summed E-state index contributed by atoms with van der Waals surface area (Å²) < 4.78 is 82.9. The number of carbonyl (C=O) groups is 1. The summed E-state index contributed by atoms with van der Waals surface area (Å²) in [7, 11) is -3.60. The van der Waals surface area contributed by atoms with Crippen molar-refractivity contribution in [2.45, 2.75) is 23.9 Å². The average Bonchev–Trinajstić information content (AvgIpc) is 3.51. The first-order valence-corrected chi connectivity index (χ1v) is 14.9. The minimum absolute atomic E-state index is 0.0497. The number of nitrogens with one attached hydrogen (secondary N) is 2. The van der Waals surface area contributed by atoms with E-state index >= 15 is 0 Å². The molecule has 0 unspecified atom stereocenters. The molecule has 9 nitrogen and oxygen atoms in total. The Morgan fingerprint density at radius 1 is 0.977 bits per heavy atom. The van der Waals surface area contributed by atoms with E-state index in [1.54, 1.807) is 36.5 Å². The number of aryl methyl sites for hydroxylation is 1. The molecule has 0 saturated carbocycles. The van der Waals surface area contributed by atoms with Crippen molar-refractivity contribution in [2.24, 2.45) is 0 Å². The summed E-state index contributed by atoms with van der Waals surface area (Å²) in [6.45, 7) is -1.60. The Morgan fingerprint density at radius 3 is 2.43 bits per heavy atom. The number of anilines is 3. The summed E-state index contributed by atoms with van der Waals surface area (Å²) in [5, 5.41) is 10.1. The smallest absolute Gasteiger partial charge is 0.422 e. The van der Waals surface area contributed by atoms with Gasteiger partial charge in [0.1, 0.15) is 11.6 Å². The van der Waals surface area contributed by atoms with Crippen molar-refractivity contribution in [3.63, 3.8) is 0 Å². The van der Waals surface area contributed by atoms with E-state index in [4.69, 9.17) is 4.74 Å². The normalized spacial score (nSPS) is 13.9. The van der Waals surface area contributed by atoms with E-state index in [0.717, 1.165) is 17.2 Å². The maximum Gasteiger partial charge on any atom is 0.422 e. The number of hydrogen-bond acceptors (Lipinski definition) is 7. The molecule has 0 radical (unpaired) electrons. The molecule has 1 amide bonds. The van der Waals surface area contributed by atoms with Gasteiger partial charge in [-0.3, -0.25) is 4.79 Å². The number of amides is 1. The van der Waals surface area contributed by atoms with Gasteiger partial charge >= 0.3 is 6.18 Å². The van der Waals surface area contributed by atoms with E-state index < -0.39 is 22.6 Å². The second-order valence-corrected chi connectivity index (χ2v) is 12.2. The van der Waals surface area contributed by atoms with E-state index in [1.807, 2.05) is 18.2 Å². The van der Waals surface area contributed by atoms with Crippen LogP contribution >= 0.6 is 0 Å². The number of aromatic nitrogens is 3. The van der Waals surface area contributed by atoms with E-state index in [9.17, 15) is 30.8 Å². The predicted molar refractivity (Wildman–Crippen MR) is 154 cm³/mol. The summed E-state index contributed by atoms with van der Waals surface area (Å²) in [6.07, 6.45) is -2.58. The third-order valence-corrected chi connectivity index (χ3v) is 8.68. The lowest BCUT2D eigenvalue weighted by Gasteiger charge is -2.15. The first-order valence-electron chi connectivity index (χ1n) is 13.3. The number of pyridine rings is 1. The number of sulfone groups is 1. The molecule has 0 saturated heterocycles. The second-order valence-electron chi connectivity index (χ2n) is 10.1. The maximum absolute atomic E-state index is 13.1. The highest BCUT2D eigenvalue weighted by Gasteiger charge is 2.32. The molecule has 0 atom stereocenters. The van der Waals surface area contributed by atoms with Crippen LogP contribution in [-0.4, -0.2) is 47.5 Å². The molecule has 5 aromatic rings. The zero-order chi connectivity index (χ0) is 31.1. The molecule has 3 aromatic carbocycles. The lowest BCUT2D eigenvalue weighted by molar-refractivity contribution is -0.153. The van der Waals surface area contributed by atoms with E-state index in [-0.39, 0.29) is 52.6 Å². The van der Waals surface area contributed by atoms with Crippen LogP contribution in [0.2, 0.25) is 0 Å². The lowest BCUT2D eigenvalue weighted by atomic mass is 10.1. The molecule has 0 bridgehead atoms. The second kappa shape index (κ2) is 11.3. The van der Waals surface area contributed by atoms with Gasteiger partial charge in [0.15, 0.2) is 22.1 Å². The summed E-state index contributed by atoms with van der Waals surface area (Å²) in [5.41, 5.74) is 3.88. The zero-order valence-corrected chi connectivity index (χ0v) is 23.5. The number of rotatable bonds is 8. The van der Waals surface area contributed by atoms with Crippen molar-refractivity contribution in [3.05, 3.63) is 95.9 Å². The Morgan fingerprint density at radius 2 is 1.70 bits per heavy atom. The molecule has 14 heteroatoms. The van der Waals surface area contributed by atoms with E-state index in [0.29, 0.717) is 22.5 Å². The van der Waals surface area contributed by atoms with Crippen LogP contribution in [0.4, 0.5) is 34.9 Å². The largest absolute Gasteiger partial charge is 0.482 e. The van der Waals surface area contributed by atoms with Gasteiger partial charge in [0.05, 0.1) is 22.8 Å². The number of carbonyl (C=O) groups excluding carboxylic acids is 1. The Bertz CT molecular complexity index is 1980. The summed E-state index contributed by atoms with van der Waals surface area (Å²) >= 11 is 0. The minimum Gasteiger partial charge on any atom is -0.482 e. The van der Waals surface area contributed by atoms with Crippen LogP contribution in [0, 0.1) is 5.82 Å². The van der Waals surface area contributed by atoms with E-state index in [2.05, 4.69) is 20.7 Å². The van der Waals surface area contributed by atoms with Crippen LogP contribution in [0.25, 0.3) is 16.8 Å². The van der Waals surface area contributed by atoms with Crippen molar-refractivity contribution in [1.29, 1.82) is 0 Å². The van der Waals surface area contributed by atoms with Gasteiger partial charge in [-0.05, 0) is 65.6 Å². The molecule has 0 spiro atoms. The maximum atomic E-state index is 13.1. The molecule has 44 heavy (non-hydrogen) atoms. The highest BCUT2D eigenvalue weighted by molar-refractivity contribution is 7.91. The van der Waals surface area contributed by atoms with Gasteiger partial charge in [-0.15, -0.1) is 5.10 Å². The van der Waals surface area contributed by atoms with Crippen LogP contribution in [0.15, 0.2) is 83.9 Å². The van der Waals surface area contributed by atoms with Crippen LogP contribution in [0.5, 0.6) is 5.75 Å². The van der Waals surface area contributed by atoms with Crippen LogP contribution in [-0.2, 0) is 27.5 Å². The third kappa shape index (κ3) is 6.49. The molecule has 1 aliphatic heterocycles. The Balaban J connectivity index is 1.19. The number of fused-ring (bicyclic) bond motifs is 2. The van der Waals surface area contributed by atoms with Crippen LogP contribution in [0.3, 0.4) is 0 Å². The fourth-order valence-electron chi connectivity index (χ4n) is 4.79. The average molecular weight is 626 g/mol. The summed E-state index contributed by atoms with van der Waals surface area (Å²) in [5.74, 6) is -0.965. The summed E-state index contributed by atoms with van der Waals surface area (Å²) in [4.78, 5) is 16.7. The van der Waals surface area contributed by atoms with Crippen LogP contribution < -0.4 is 15.4 Å². The number of benzene rings is 3. The molecule has 3 heterocycles.